The van der Waals surface area contributed by atoms with Crippen LogP contribution in [0.1, 0.15) is 18.4 Å². The van der Waals surface area contributed by atoms with E-state index in [1.165, 1.54) is 12.8 Å². The van der Waals surface area contributed by atoms with E-state index in [0.29, 0.717) is 17.3 Å². The number of carbonyl (C=O) groups excluding carboxylic acids is 1. The summed E-state index contributed by atoms with van der Waals surface area (Å²) in [7, 11) is 0. The minimum Gasteiger partial charge on any atom is -0.324 e. The highest BCUT2D eigenvalue weighted by Gasteiger charge is 2.20. The Morgan fingerprint density at radius 2 is 2.24 bits per heavy atom. The second kappa shape index (κ2) is 5.52. The minimum absolute atomic E-state index is 0.0450. The van der Waals surface area contributed by atoms with Crippen LogP contribution in [0, 0.1) is 12.8 Å². The van der Waals surface area contributed by atoms with Crippen molar-refractivity contribution in [3.8, 4) is 0 Å². The molecule has 2 rings (SSSR count). The van der Waals surface area contributed by atoms with Crippen molar-refractivity contribution in [3.63, 3.8) is 0 Å². The molecule has 1 amide bonds. The largest absolute Gasteiger partial charge is 0.324 e. The molecular formula is C13H17ClN2O. The normalized spacial score (nSPS) is 14.7. The first kappa shape index (κ1) is 12.4. The number of aryl methyl sites for hydroxylation is 1. The van der Waals surface area contributed by atoms with Gasteiger partial charge in [-0.25, -0.2) is 0 Å². The van der Waals surface area contributed by atoms with Crippen LogP contribution in [-0.2, 0) is 4.79 Å². The van der Waals surface area contributed by atoms with Gasteiger partial charge in [-0.1, -0.05) is 17.7 Å². The molecule has 0 spiro atoms. The van der Waals surface area contributed by atoms with Gasteiger partial charge < -0.3 is 10.6 Å². The molecule has 1 aromatic carbocycles. The number of anilines is 1. The average molecular weight is 253 g/mol. The highest BCUT2D eigenvalue weighted by atomic mass is 35.5. The Morgan fingerprint density at radius 3 is 2.88 bits per heavy atom. The maximum absolute atomic E-state index is 11.6. The van der Waals surface area contributed by atoms with Crippen molar-refractivity contribution in [2.45, 2.75) is 19.8 Å². The molecule has 0 aliphatic heterocycles. The van der Waals surface area contributed by atoms with Gasteiger partial charge in [-0.05, 0) is 49.9 Å². The monoisotopic (exact) mass is 252 g/mol. The highest BCUT2D eigenvalue weighted by molar-refractivity contribution is 6.33. The molecule has 0 radical (unpaired) electrons. The number of amides is 1. The molecule has 0 bridgehead atoms. The zero-order valence-electron chi connectivity index (χ0n) is 9.92. The molecule has 1 aliphatic carbocycles. The van der Waals surface area contributed by atoms with Gasteiger partial charge in [0.05, 0.1) is 17.3 Å². The Labute approximate surface area is 107 Å². The smallest absolute Gasteiger partial charge is 0.238 e. The second-order valence-corrected chi connectivity index (χ2v) is 5.01. The van der Waals surface area contributed by atoms with Crippen LogP contribution in [0.3, 0.4) is 0 Å². The van der Waals surface area contributed by atoms with Crippen LogP contribution in [0.25, 0.3) is 0 Å². The molecule has 92 valence electrons. The fraction of sp³-hybridized carbons (Fsp3) is 0.462. The number of hydrogen-bond donors (Lipinski definition) is 2. The first-order valence-corrected chi connectivity index (χ1v) is 6.29. The molecule has 0 heterocycles. The Kier molecular flexibility index (Phi) is 4.02. The second-order valence-electron chi connectivity index (χ2n) is 4.61. The van der Waals surface area contributed by atoms with Crippen molar-refractivity contribution in [1.82, 2.24) is 5.32 Å². The fourth-order valence-corrected chi connectivity index (χ4v) is 1.91. The molecule has 0 saturated heterocycles. The number of nitrogens with one attached hydrogen (secondary N) is 2. The van der Waals surface area contributed by atoms with Crippen LogP contribution in [0.4, 0.5) is 5.69 Å². The SMILES string of the molecule is Cc1ccc(NC(=O)CNCC2CC2)c(Cl)c1. The maximum atomic E-state index is 11.6. The summed E-state index contributed by atoms with van der Waals surface area (Å²) in [5.74, 6) is 0.738. The molecule has 0 unspecified atom stereocenters. The van der Waals surface area contributed by atoms with E-state index in [4.69, 9.17) is 11.6 Å². The predicted octanol–water partition coefficient (Wildman–Crippen LogP) is 2.59. The van der Waals surface area contributed by atoms with E-state index in [1.54, 1.807) is 0 Å². The first-order valence-electron chi connectivity index (χ1n) is 5.92. The van der Waals surface area contributed by atoms with Crippen molar-refractivity contribution < 1.29 is 4.79 Å². The third kappa shape index (κ3) is 4.02. The van der Waals surface area contributed by atoms with Gasteiger partial charge in [-0.2, -0.15) is 0 Å². The van der Waals surface area contributed by atoms with E-state index in [-0.39, 0.29) is 5.91 Å². The summed E-state index contributed by atoms with van der Waals surface area (Å²) in [5.41, 5.74) is 1.76. The van der Waals surface area contributed by atoms with Gasteiger partial charge in [0.15, 0.2) is 0 Å². The molecule has 0 atom stereocenters. The molecule has 17 heavy (non-hydrogen) atoms. The zero-order valence-corrected chi connectivity index (χ0v) is 10.7. The van der Waals surface area contributed by atoms with Crippen molar-refractivity contribution in [2.24, 2.45) is 5.92 Å². The Morgan fingerprint density at radius 1 is 1.47 bits per heavy atom. The summed E-state index contributed by atoms with van der Waals surface area (Å²) in [6.07, 6.45) is 2.58. The summed E-state index contributed by atoms with van der Waals surface area (Å²) in [6, 6.07) is 5.60. The number of rotatable bonds is 5. The topological polar surface area (TPSA) is 41.1 Å². The standard InChI is InChI=1S/C13H17ClN2O/c1-9-2-5-12(11(14)6-9)16-13(17)8-15-7-10-3-4-10/h2,5-6,10,15H,3-4,7-8H2,1H3,(H,16,17). The number of halogens is 1. The zero-order chi connectivity index (χ0) is 12.3. The molecule has 1 fully saturated rings. The lowest BCUT2D eigenvalue weighted by Gasteiger charge is -2.08. The van der Waals surface area contributed by atoms with Crippen LogP contribution in [0.5, 0.6) is 0 Å². The Balaban J connectivity index is 1.79. The first-order chi connectivity index (χ1) is 8.15. The van der Waals surface area contributed by atoms with E-state index in [2.05, 4.69) is 10.6 Å². The molecule has 0 aromatic heterocycles. The quantitative estimate of drug-likeness (QED) is 0.846. The lowest BCUT2D eigenvalue weighted by molar-refractivity contribution is -0.115. The van der Waals surface area contributed by atoms with Crippen molar-refractivity contribution in [3.05, 3.63) is 28.8 Å². The third-order valence-electron chi connectivity index (χ3n) is 2.81. The highest BCUT2D eigenvalue weighted by Crippen LogP contribution is 2.27. The lowest BCUT2D eigenvalue weighted by atomic mass is 10.2. The van der Waals surface area contributed by atoms with E-state index in [1.807, 2.05) is 25.1 Å². The number of carbonyl (C=O) groups is 1. The van der Waals surface area contributed by atoms with Crippen molar-refractivity contribution in [2.75, 3.05) is 18.4 Å². The van der Waals surface area contributed by atoms with E-state index in [9.17, 15) is 4.79 Å². The molecule has 1 aliphatic rings. The van der Waals surface area contributed by atoms with E-state index in [0.717, 1.165) is 18.0 Å². The summed E-state index contributed by atoms with van der Waals surface area (Å²) >= 11 is 6.03. The summed E-state index contributed by atoms with van der Waals surface area (Å²) in [4.78, 5) is 11.6. The maximum Gasteiger partial charge on any atom is 0.238 e. The molecule has 3 nitrogen and oxygen atoms in total. The minimum atomic E-state index is -0.0450. The van der Waals surface area contributed by atoms with Crippen LogP contribution < -0.4 is 10.6 Å². The third-order valence-corrected chi connectivity index (χ3v) is 3.13. The number of benzene rings is 1. The predicted molar refractivity (Wildman–Crippen MR) is 70.4 cm³/mol. The van der Waals surface area contributed by atoms with E-state index >= 15 is 0 Å². The van der Waals surface area contributed by atoms with Crippen molar-refractivity contribution in [1.29, 1.82) is 0 Å². The van der Waals surface area contributed by atoms with E-state index < -0.39 is 0 Å². The van der Waals surface area contributed by atoms with Crippen LogP contribution in [-0.4, -0.2) is 19.0 Å². The molecular weight excluding hydrogens is 236 g/mol. The molecule has 1 aromatic rings. The summed E-state index contributed by atoms with van der Waals surface area (Å²) < 4.78 is 0. The van der Waals surface area contributed by atoms with Gasteiger partial charge in [-0.15, -0.1) is 0 Å². The van der Waals surface area contributed by atoms with Gasteiger partial charge in [0, 0.05) is 0 Å². The van der Waals surface area contributed by atoms with Gasteiger partial charge in [-0.3, -0.25) is 4.79 Å². The van der Waals surface area contributed by atoms with Gasteiger partial charge in [0.2, 0.25) is 5.91 Å². The van der Waals surface area contributed by atoms with Gasteiger partial charge in [0.25, 0.3) is 0 Å². The summed E-state index contributed by atoms with van der Waals surface area (Å²) in [6.45, 7) is 3.25. The van der Waals surface area contributed by atoms with Crippen LogP contribution >= 0.6 is 11.6 Å². The van der Waals surface area contributed by atoms with Gasteiger partial charge >= 0.3 is 0 Å². The van der Waals surface area contributed by atoms with Crippen LogP contribution in [0.15, 0.2) is 18.2 Å². The number of hydrogen-bond acceptors (Lipinski definition) is 2. The lowest BCUT2D eigenvalue weighted by Crippen LogP contribution is -2.29. The molecule has 4 heteroatoms. The van der Waals surface area contributed by atoms with Crippen LogP contribution in [0.2, 0.25) is 5.02 Å². The fourth-order valence-electron chi connectivity index (χ4n) is 1.63. The van der Waals surface area contributed by atoms with Crippen molar-refractivity contribution >= 4 is 23.2 Å². The summed E-state index contributed by atoms with van der Waals surface area (Å²) in [5, 5.41) is 6.53. The molecule has 2 N–H and O–H groups in total. The average Bonchev–Trinajstić information content (AvgIpc) is 3.06. The van der Waals surface area contributed by atoms with Gasteiger partial charge in [0.1, 0.15) is 0 Å². The Hall–Kier alpha value is -1.06. The molecule has 1 saturated carbocycles. The Bertz CT molecular complexity index is 416.